The first kappa shape index (κ1) is 17.1. The second-order valence-electron chi connectivity index (χ2n) is 5.33. The predicted molar refractivity (Wildman–Crippen MR) is 86.6 cm³/mol. The number of halogens is 2. The Bertz CT molecular complexity index is 560. The van der Waals surface area contributed by atoms with Crippen LogP contribution < -0.4 is 5.32 Å². The number of anilines is 1. The SMILES string of the molecule is O=C(CC(C(=O)O)N1CCCCC1)Nc1ccc(Cl)cc1Cl. The summed E-state index contributed by atoms with van der Waals surface area (Å²) in [6, 6.07) is 3.94. The topological polar surface area (TPSA) is 69.6 Å². The number of hydrogen-bond donors (Lipinski definition) is 2. The standard InChI is InChI=1S/C15H18Cl2N2O3/c16-10-4-5-12(11(17)8-10)18-14(20)9-13(15(21)22)19-6-2-1-3-7-19/h4-5,8,13H,1-3,6-7,9H2,(H,18,20)(H,21,22). The molecule has 1 saturated heterocycles. The van der Waals surface area contributed by atoms with Crippen LogP contribution in [-0.4, -0.2) is 41.0 Å². The number of likely N-dealkylation sites (tertiary alicyclic amines) is 1. The fraction of sp³-hybridized carbons (Fsp3) is 0.467. The second-order valence-corrected chi connectivity index (χ2v) is 6.17. The zero-order valence-corrected chi connectivity index (χ0v) is 13.5. The van der Waals surface area contributed by atoms with Crippen LogP contribution in [0.2, 0.25) is 10.0 Å². The van der Waals surface area contributed by atoms with Gasteiger partial charge in [-0.1, -0.05) is 29.6 Å². The van der Waals surface area contributed by atoms with E-state index in [2.05, 4.69) is 5.32 Å². The number of nitrogens with one attached hydrogen (secondary N) is 1. The molecule has 0 aliphatic carbocycles. The lowest BCUT2D eigenvalue weighted by Crippen LogP contribution is -2.45. The second kappa shape index (κ2) is 7.81. The molecule has 1 unspecified atom stereocenters. The molecular formula is C15H18Cl2N2O3. The van der Waals surface area contributed by atoms with Gasteiger partial charge in [0.2, 0.25) is 5.91 Å². The summed E-state index contributed by atoms with van der Waals surface area (Å²) >= 11 is 11.8. The summed E-state index contributed by atoms with van der Waals surface area (Å²) in [6.45, 7) is 1.43. The smallest absolute Gasteiger partial charge is 0.321 e. The molecule has 1 heterocycles. The Hall–Kier alpha value is -1.30. The van der Waals surface area contributed by atoms with Crippen molar-refractivity contribution in [2.24, 2.45) is 0 Å². The Morgan fingerprint density at radius 1 is 1.23 bits per heavy atom. The molecule has 0 radical (unpaired) electrons. The number of carbonyl (C=O) groups excluding carboxylic acids is 1. The van der Waals surface area contributed by atoms with Crippen molar-refractivity contribution in [2.75, 3.05) is 18.4 Å². The average molecular weight is 345 g/mol. The zero-order chi connectivity index (χ0) is 16.1. The Labute approximate surface area is 139 Å². The van der Waals surface area contributed by atoms with E-state index in [1.807, 2.05) is 4.90 Å². The van der Waals surface area contributed by atoms with Crippen LogP contribution in [0.3, 0.4) is 0 Å². The van der Waals surface area contributed by atoms with Gasteiger partial charge in [0, 0.05) is 5.02 Å². The normalized spacial score (nSPS) is 17.0. The Morgan fingerprint density at radius 3 is 2.50 bits per heavy atom. The summed E-state index contributed by atoms with van der Waals surface area (Å²) in [5.74, 6) is -1.35. The highest BCUT2D eigenvalue weighted by molar-refractivity contribution is 6.36. The van der Waals surface area contributed by atoms with E-state index in [0.29, 0.717) is 28.8 Å². The summed E-state index contributed by atoms with van der Waals surface area (Å²) in [6.07, 6.45) is 2.94. The number of carboxylic acid groups (broad SMARTS) is 1. The van der Waals surface area contributed by atoms with Gasteiger partial charge in [0.05, 0.1) is 17.1 Å². The molecule has 0 saturated carbocycles. The highest BCUT2D eigenvalue weighted by Gasteiger charge is 2.29. The molecule has 0 aromatic heterocycles. The van der Waals surface area contributed by atoms with Crippen molar-refractivity contribution in [2.45, 2.75) is 31.7 Å². The van der Waals surface area contributed by atoms with Crippen molar-refractivity contribution in [3.05, 3.63) is 28.2 Å². The van der Waals surface area contributed by atoms with Gasteiger partial charge in [-0.05, 0) is 44.1 Å². The number of piperidine rings is 1. The van der Waals surface area contributed by atoms with Crippen LogP contribution in [0.1, 0.15) is 25.7 Å². The summed E-state index contributed by atoms with van der Waals surface area (Å²) in [4.78, 5) is 25.4. The van der Waals surface area contributed by atoms with E-state index in [0.717, 1.165) is 19.3 Å². The molecule has 2 rings (SSSR count). The third-order valence-corrected chi connectivity index (χ3v) is 4.25. The highest BCUT2D eigenvalue weighted by Crippen LogP contribution is 2.25. The number of benzene rings is 1. The van der Waals surface area contributed by atoms with Gasteiger partial charge < -0.3 is 10.4 Å². The predicted octanol–water partition coefficient (Wildman–Crippen LogP) is 3.26. The third kappa shape index (κ3) is 4.60. The van der Waals surface area contributed by atoms with Gasteiger partial charge in [0.25, 0.3) is 0 Å². The van der Waals surface area contributed by atoms with Gasteiger partial charge in [-0.25, -0.2) is 0 Å². The molecule has 1 aliphatic heterocycles. The molecule has 22 heavy (non-hydrogen) atoms. The van der Waals surface area contributed by atoms with E-state index in [-0.39, 0.29) is 12.3 Å². The van der Waals surface area contributed by atoms with Crippen LogP contribution in [0.25, 0.3) is 0 Å². The number of hydrogen-bond acceptors (Lipinski definition) is 3. The summed E-state index contributed by atoms with van der Waals surface area (Å²) < 4.78 is 0. The first-order valence-electron chi connectivity index (χ1n) is 7.19. The average Bonchev–Trinajstić information content (AvgIpc) is 2.48. The Morgan fingerprint density at radius 2 is 1.91 bits per heavy atom. The molecule has 1 atom stereocenters. The van der Waals surface area contributed by atoms with Crippen molar-refractivity contribution in [1.29, 1.82) is 0 Å². The fourth-order valence-electron chi connectivity index (χ4n) is 2.57. The maximum atomic E-state index is 12.1. The molecule has 2 N–H and O–H groups in total. The van der Waals surface area contributed by atoms with Crippen LogP contribution in [0.15, 0.2) is 18.2 Å². The van der Waals surface area contributed by atoms with Crippen molar-refractivity contribution in [3.8, 4) is 0 Å². The summed E-state index contributed by atoms with van der Waals surface area (Å²) in [7, 11) is 0. The van der Waals surface area contributed by atoms with Gasteiger partial charge in [0.15, 0.2) is 0 Å². The summed E-state index contributed by atoms with van der Waals surface area (Å²) in [5.41, 5.74) is 0.429. The molecule has 1 amide bonds. The van der Waals surface area contributed by atoms with E-state index in [4.69, 9.17) is 23.2 Å². The van der Waals surface area contributed by atoms with Crippen LogP contribution >= 0.6 is 23.2 Å². The monoisotopic (exact) mass is 344 g/mol. The maximum absolute atomic E-state index is 12.1. The van der Waals surface area contributed by atoms with Crippen molar-refractivity contribution in [1.82, 2.24) is 4.90 Å². The fourth-order valence-corrected chi connectivity index (χ4v) is 3.03. The number of carboxylic acids is 1. The Kier molecular flexibility index (Phi) is 6.06. The van der Waals surface area contributed by atoms with Crippen LogP contribution in [0.5, 0.6) is 0 Å². The first-order chi connectivity index (χ1) is 10.5. The molecule has 5 nitrogen and oxygen atoms in total. The number of carbonyl (C=O) groups is 2. The van der Waals surface area contributed by atoms with E-state index >= 15 is 0 Å². The summed E-state index contributed by atoms with van der Waals surface area (Å²) in [5, 5.41) is 12.8. The molecule has 0 bridgehead atoms. The lowest BCUT2D eigenvalue weighted by atomic mass is 10.1. The molecule has 1 aliphatic rings. The van der Waals surface area contributed by atoms with Crippen molar-refractivity contribution < 1.29 is 14.7 Å². The van der Waals surface area contributed by atoms with Crippen LogP contribution in [0.4, 0.5) is 5.69 Å². The van der Waals surface area contributed by atoms with E-state index in [9.17, 15) is 14.7 Å². The molecule has 7 heteroatoms. The largest absolute Gasteiger partial charge is 0.480 e. The van der Waals surface area contributed by atoms with Crippen LogP contribution in [-0.2, 0) is 9.59 Å². The first-order valence-corrected chi connectivity index (χ1v) is 7.94. The van der Waals surface area contributed by atoms with E-state index in [1.165, 1.54) is 6.07 Å². The van der Waals surface area contributed by atoms with E-state index < -0.39 is 12.0 Å². The van der Waals surface area contributed by atoms with Gasteiger partial charge in [-0.3, -0.25) is 14.5 Å². The molecule has 1 aromatic rings. The molecule has 1 fully saturated rings. The quantitative estimate of drug-likeness (QED) is 0.859. The number of rotatable bonds is 5. The van der Waals surface area contributed by atoms with Crippen LogP contribution in [0, 0.1) is 0 Å². The van der Waals surface area contributed by atoms with Gasteiger partial charge in [-0.2, -0.15) is 0 Å². The van der Waals surface area contributed by atoms with Crippen molar-refractivity contribution >= 4 is 40.8 Å². The molecular weight excluding hydrogens is 327 g/mol. The highest BCUT2D eigenvalue weighted by atomic mass is 35.5. The maximum Gasteiger partial charge on any atom is 0.321 e. The zero-order valence-electron chi connectivity index (χ0n) is 12.0. The number of nitrogens with zero attached hydrogens (tertiary/aromatic N) is 1. The van der Waals surface area contributed by atoms with Gasteiger partial charge in [-0.15, -0.1) is 0 Å². The number of aliphatic carboxylic acids is 1. The van der Waals surface area contributed by atoms with Gasteiger partial charge >= 0.3 is 5.97 Å². The molecule has 1 aromatic carbocycles. The van der Waals surface area contributed by atoms with Crippen molar-refractivity contribution in [3.63, 3.8) is 0 Å². The molecule has 120 valence electrons. The van der Waals surface area contributed by atoms with Gasteiger partial charge in [0.1, 0.15) is 6.04 Å². The lowest BCUT2D eigenvalue weighted by molar-refractivity contribution is -0.145. The van der Waals surface area contributed by atoms with E-state index in [1.54, 1.807) is 12.1 Å². The number of amides is 1. The lowest BCUT2D eigenvalue weighted by Gasteiger charge is -2.31. The Balaban J connectivity index is 2.00. The minimum Gasteiger partial charge on any atom is -0.480 e. The molecule has 0 spiro atoms. The third-order valence-electron chi connectivity index (χ3n) is 3.70. The minimum atomic E-state index is -0.973. The minimum absolute atomic E-state index is 0.103.